The van der Waals surface area contributed by atoms with Gasteiger partial charge in [-0.1, -0.05) is 41.9 Å². The van der Waals surface area contributed by atoms with Gasteiger partial charge < -0.3 is 45.3 Å². The van der Waals surface area contributed by atoms with Crippen molar-refractivity contribution in [2.45, 2.75) is 65.3 Å². The fraction of sp³-hybridized carbons (Fsp3) is 0.395. The molecule has 1 aromatic heterocycles. The number of halogens is 1. The molecule has 1 saturated heterocycles. The molecule has 1 atom stereocenters. The molecule has 0 spiro atoms. The lowest BCUT2D eigenvalue weighted by atomic mass is 9.79. The van der Waals surface area contributed by atoms with E-state index in [-0.39, 0.29) is 37.0 Å². The van der Waals surface area contributed by atoms with Gasteiger partial charge in [0.25, 0.3) is 0 Å². The Morgan fingerprint density at radius 2 is 1.59 bits per heavy atom. The van der Waals surface area contributed by atoms with Crippen LogP contribution in [-0.2, 0) is 29.3 Å². The van der Waals surface area contributed by atoms with Gasteiger partial charge in [-0.2, -0.15) is 0 Å². The number of aliphatic hydroxyl groups is 2. The first-order valence-corrected chi connectivity index (χ1v) is 19.4. The van der Waals surface area contributed by atoms with E-state index in [0.29, 0.717) is 55.2 Å². The SMILES string of the molecule is Cc1c(COc2cc(OCc3cncc(C(N)=O)c3)c(CNC(C)(CO)C(=O)O)cc2Cl)cccc1-c1cccc(OCCCN2CCC(CO)(C(=O)O)CC2)c1C. The number of aliphatic carboxylic acids is 2. The number of aliphatic hydroxyl groups excluding tert-OH is 2. The Balaban J connectivity index is 1.28. The molecule has 7 N–H and O–H groups in total. The standard InChI is InChI=1S/C43H51ClN4O10/c1-27-30(7-4-8-33(27)34-9-5-10-36(28(34)2)56-16-6-13-48-14-11-43(26-50,12-15-48)41(54)55)24-58-38-19-37(57-23-29-17-32(39(45)51)21-46-20-29)31(18-35(38)44)22-47-42(3,25-49)40(52)53/h4-5,7-10,17-21,47,49-50H,6,11-16,22-26H2,1-3H3,(H2,45,51)(H,52,53)(H,54,55). The molecule has 1 aliphatic rings. The fourth-order valence-corrected chi connectivity index (χ4v) is 7.02. The summed E-state index contributed by atoms with van der Waals surface area (Å²) in [7, 11) is 0. The number of nitrogens with two attached hydrogens (primary N) is 1. The number of hydrogen-bond donors (Lipinski definition) is 6. The minimum Gasteiger partial charge on any atom is -0.493 e. The second kappa shape index (κ2) is 19.5. The van der Waals surface area contributed by atoms with E-state index in [1.807, 2.05) is 50.2 Å². The number of aromatic nitrogens is 1. The number of carbonyl (C=O) groups excluding carboxylic acids is 1. The third-order valence-electron chi connectivity index (χ3n) is 10.9. The van der Waals surface area contributed by atoms with Crippen molar-refractivity contribution in [3.63, 3.8) is 0 Å². The Morgan fingerprint density at radius 1 is 0.897 bits per heavy atom. The maximum Gasteiger partial charge on any atom is 0.326 e. The van der Waals surface area contributed by atoms with E-state index in [1.54, 1.807) is 18.2 Å². The van der Waals surface area contributed by atoms with Crippen LogP contribution in [0, 0.1) is 19.3 Å². The van der Waals surface area contributed by atoms with Crippen molar-refractivity contribution >= 4 is 29.4 Å². The fourth-order valence-electron chi connectivity index (χ4n) is 6.78. The molecule has 4 aromatic rings. The molecule has 14 nitrogen and oxygen atoms in total. The van der Waals surface area contributed by atoms with Crippen molar-refractivity contribution < 1.29 is 49.0 Å². The van der Waals surface area contributed by atoms with Crippen LogP contribution in [-0.4, -0.2) is 93.1 Å². The zero-order valence-corrected chi connectivity index (χ0v) is 33.7. The number of benzene rings is 3. The molecule has 0 aliphatic carbocycles. The van der Waals surface area contributed by atoms with Crippen LogP contribution in [0.15, 0.2) is 67.0 Å². The highest BCUT2D eigenvalue weighted by Gasteiger charge is 2.41. The highest BCUT2D eigenvalue weighted by molar-refractivity contribution is 6.32. The molecule has 0 bridgehead atoms. The Hall–Kier alpha value is -5.25. The van der Waals surface area contributed by atoms with Crippen LogP contribution in [0.1, 0.15) is 64.4 Å². The number of nitrogens with zero attached hydrogens (tertiary/aromatic N) is 2. The van der Waals surface area contributed by atoms with E-state index in [9.17, 15) is 34.8 Å². The Labute approximate surface area is 342 Å². The lowest BCUT2D eigenvalue weighted by molar-refractivity contribution is -0.155. The topological polar surface area (TPSA) is 214 Å². The summed E-state index contributed by atoms with van der Waals surface area (Å²) in [5.41, 5.74) is 8.98. The third kappa shape index (κ3) is 10.4. The van der Waals surface area contributed by atoms with Gasteiger partial charge in [-0.3, -0.25) is 24.7 Å². The van der Waals surface area contributed by atoms with Crippen LogP contribution in [0.25, 0.3) is 11.1 Å². The first-order chi connectivity index (χ1) is 27.7. The normalized spacial score (nSPS) is 15.0. The van der Waals surface area contributed by atoms with Crippen LogP contribution in [0.2, 0.25) is 5.02 Å². The maximum absolute atomic E-state index is 11.8. The van der Waals surface area contributed by atoms with E-state index >= 15 is 0 Å². The molecular formula is C43H51ClN4O10. The van der Waals surface area contributed by atoms with E-state index < -0.39 is 35.4 Å². The number of piperidine rings is 1. The number of carboxylic acid groups (broad SMARTS) is 2. The zero-order chi connectivity index (χ0) is 42.0. The summed E-state index contributed by atoms with van der Waals surface area (Å²) in [5, 5.41) is 41.8. The molecule has 5 rings (SSSR count). The molecule has 310 valence electrons. The van der Waals surface area contributed by atoms with Gasteiger partial charge in [0.2, 0.25) is 5.91 Å². The lowest BCUT2D eigenvalue weighted by Crippen LogP contribution is -2.52. The Kier molecular flexibility index (Phi) is 14.7. The number of rotatable bonds is 20. The number of hydrogen-bond acceptors (Lipinski definition) is 11. The number of pyridine rings is 1. The molecular weight excluding hydrogens is 768 g/mol. The number of primary amides is 1. The van der Waals surface area contributed by atoms with Gasteiger partial charge in [-0.15, -0.1) is 0 Å². The second-order valence-electron chi connectivity index (χ2n) is 14.9. The molecule has 15 heteroatoms. The Morgan fingerprint density at radius 3 is 2.24 bits per heavy atom. The average Bonchev–Trinajstić information content (AvgIpc) is 3.21. The predicted octanol–water partition coefficient (Wildman–Crippen LogP) is 5.13. The van der Waals surface area contributed by atoms with Gasteiger partial charge in [0, 0.05) is 42.7 Å². The van der Waals surface area contributed by atoms with Gasteiger partial charge in [0.1, 0.15) is 36.0 Å². The van der Waals surface area contributed by atoms with Crippen LogP contribution in [0.4, 0.5) is 0 Å². The summed E-state index contributed by atoms with van der Waals surface area (Å²) in [4.78, 5) is 41.5. The molecule has 0 saturated carbocycles. The second-order valence-corrected chi connectivity index (χ2v) is 15.3. The minimum atomic E-state index is -1.62. The van der Waals surface area contributed by atoms with Gasteiger partial charge in [-0.05, 0) is 99.1 Å². The smallest absolute Gasteiger partial charge is 0.326 e. The number of carbonyl (C=O) groups is 3. The lowest BCUT2D eigenvalue weighted by Gasteiger charge is -2.37. The summed E-state index contributed by atoms with van der Waals surface area (Å²) >= 11 is 6.73. The van der Waals surface area contributed by atoms with Crippen molar-refractivity contribution in [1.82, 2.24) is 15.2 Å². The van der Waals surface area contributed by atoms with Crippen molar-refractivity contribution in [1.29, 1.82) is 0 Å². The number of carboxylic acids is 2. The van der Waals surface area contributed by atoms with Crippen LogP contribution in [0.5, 0.6) is 17.2 Å². The van der Waals surface area contributed by atoms with E-state index in [2.05, 4.69) is 15.2 Å². The third-order valence-corrected chi connectivity index (χ3v) is 11.2. The summed E-state index contributed by atoms with van der Waals surface area (Å²) < 4.78 is 18.7. The highest BCUT2D eigenvalue weighted by atomic mass is 35.5. The number of likely N-dealkylation sites (tertiary alicyclic amines) is 1. The van der Waals surface area contributed by atoms with Crippen LogP contribution >= 0.6 is 11.6 Å². The predicted molar refractivity (Wildman–Crippen MR) is 217 cm³/mol. The van der Waals surface area contributed by atoms with Gasteiger partial charge >= 0.3 is 11.9 Å². The molecule has 3 aromatic carbocycles. The quantitative estimate of drug-likeness (QED) is 0.0640. The van der Waals surface area contributed by atoms with Crippen LogP contribution < -0.4 is 25.3 Å². The molecule has 1 unspecified atom stereocenters. The first-order valence-electron chi connectivity index (χ1n) is 19.0. The van der Waals surface area contributed by atoms with Crippen molar-refractivity contribution in [3.8, 4) is 28.4 Å². The molecule has 1 amide bonds. The highest BCUT2D eigenvalue weighted by Crippen LogP contribution is 2.37. The average molecular weight is 819 g/mol. The van der Waals surface area contributed by atoms with Gasteiger partial charge in [0.15, 0.2) is 0 Å². The zero-order valence-electron chi connectivity index (χ0n) is 32.9. The van der Waals surface area contributed by atoms with E-state index in [1.165, 1.54) is 19.3 Å². The minimum absolute atomic E-state index is 0.000707. The summed E-state index contributed by atoms with van der Waals surface area (Å²) in [6, 6.07) is 16.7. The van der Waals surface area contributed by atoms with Gasteiger partial charge in [0.05, 0.1) is 35.8 Å². The first kappa shape index (κ1) is 43.9. The number of ether oxygens (including phenoxy) is 3. The maximum atomic E-state index is 11.8. The summed E-state index contributed by atoms with van der Waals surface area (Å²) in [6.07, 6.45) is 4.51. The molecule has 1 aliphatic heterocycles. The van der Waals surface area contributed by atoms with E-state index in [4.69, 9.17) is 31.5 Å². The van der Waals surface area contributed by atoms with Crippen molar-refractivity contribution in [2.24, 2.45) is 11.1 Å². The van der Waals surface area contributed by atoms with Crippen molar-refractivity contribution in [2.75, 3.05) is 39.5 Å². The number of nitrogens with one attached hydrogen (secondary N) is 1. The molecule has 58 heavy (non-hydrogen) atoms. The molecule has 2 heterocycles. The monoisotopic (exact) mass is 818 g/mol. The number of amides is 1. The Bertz CT molecular complexity index is 2110. The largest absolute Gasteiger partial charge is 0.493 e. The van der Waals surface area contributed by atoms with E-state index in [0.717, 1.165) is 46.5 Å². The summed E-state index contributed by atoms with van der Waals surface area (Å²) in [5.74, 6) is -1.37. The van der Waals surface area contributed by atoms with Crippen LogP contribution in [0.3, 0.4) is 0 Å². The molecule has 1 fully saturated rings. The van der Waals surface area contributed by atoms with Crippen molar-refractivity contribution in [3.05, 3.63) is 105 Å². The summed E-state index contributed by atoms with van der Waals surface area (Å²) in [6.45, 7) is 7.08. The molecule has 0 radical (unpaired) electrons. The van der Waals surface area contributed by atoms with Gasteiger partial charge in [-0.25, -0.2) is 0 Å².